The molecule has 110 valence electrons. The summed E-state index contributed by atoms with van der Waals surface area (Å²) < 4.78 is 9.01. The van der Waals surface area contributed by atoms with E-state index in [4.69, 9.17) is 5.26 Å². The van der Waals surface area contributed by atoms with Gasteiger partial charge >= 0.3 is 0 Å². The third kappa shape index (κ3) is 2.59. The Kier molecular flexibility index (Phi) is 3.75. The van der Waals surface area contributed by atoms with E-state index in [2.05, 4.69) is 38.4 Å². The van der Waals surface area contributed by atoms with Crippen molar-refractivity contribution in [2.75, 3.05) is 0 Å². The minimum atomic E-state index is 0.943. The van der Waals surface area contributed by atoms with Gasteiger partial charge in [0.25, 0.3) is 0 Å². The third-order valence-electron chi connectivity index (χ3n) is 3.42. The van der Waals surface area contributed by atoms with E-state index < -0.39 is 0 Å². The number of nitriles is 1. The number of thiophene rings is 2. The van der Waals surface area contributed by atoms with Gasteiger partial charge in [-0.3, -0.25) is 0 Å². The van der Waals surface area contributed by atoms with Crippen LogP contribution in [0.25, 0.3) is 38.0 Å². The van der Waals surface area contributed by atoms with Gasteiger partial charge in [0, 0.05) is 31.8 Å². The fourth-order valence-electron chi connectivity index (χ4n) is 2.40. The van der Waals surface area contributed by atoms with Crippen molar-refractivity contribution in [2.24, 2.45) is 0 Å². The monoisotopic (exact) mass is 351 g/mol. The first-order valence-corrected chi connectivity index (χ1v) is 9.25. The Balaban J connectivity index is 1.85. The topological polar surface area (TPSA) is 49.6 Å². The molecule has 4 aromatic rings. The second kappa shape index (κ2) is 6.05. The van der Waals surface area contributed by atoms with Gasteiger partial charge in [0.2, 0.25) is 0 Å². The number of benzene rings is 1. The van der Waals surface area contributed by atoms with Gasteiger partial charge in [-0.15, -0.1) is 22.7 Å². The summed E-state index contributed by atoms with van der Waals surface area (Å²) in [5, 5.41) is 10.7. The first-order valence-electron chi connectivity index (χ1n) is 6.82. The summed E-state index contributed by atoms with van der Waals surface area (Å²) in [6.07, 6.45) is 3.32. The summed E-state index contributed by atoms with van der Waals surface area (Å²) in [6, 6.07) is 14.5. The number of hydrogen-bond donors (Lipinski definition) is 0. The van der Waals surface area contributed by atoms with Crippen LogP contribution in [0.15, 0.2) is 47.9 Å². The summed E-state index contributed by atoms with van der Waals surface area (Å²) >= 11 is 4.60. The zero-order valence-electron chi connectivity index (χ0n) is 11.8. The Bertz CT molecular complexity index is 1030. The minimum absolute atomic E-state index is 0.943. The van der Waals surface area contributed by atoms with Crippen molar-refractivity contribution in [3.8, 4) is 27.0 Å². The minimum Gasteiger partial charge on any atom is -0.193 e. The standard InChI is InChI=1S/C17H9N3S3/c18-9-1-3-11-5-8-15(22-11)13-7-6-12(14-4-2-10-21-14)16-17(13)20-23-19-16/h1-8,10H/b3-1-. The van der Waals surface area contributed by atoms with Crippen LogP contribution in [0, 0.1) is 11.3 Å². The Morgan fingerprint density at radius 3 is 2.43 bits per heavy atom. The van der Waals surface area contributed by atoms with E-state index >= 15 is 0 Å². The first-order chi connectivity index (χ1) is 11.4. The summed E-state index contributed by atoms with van der Waals surface area (Å²) in [5.41, 5.74) is 4.13. The van der Waals surface area contributed by atoms with E-state index in [1.165, 1.54) is 22.7 Å². The van der Waals surface area contributed by atoms with E-state index in [1.54, 1.807) is 22.7 Å². The van der Waals surface area contributed by atoms with Crippen LogP contribution in [0.1, 0.15) is 4.88 Å². The second-order valence-electron chi connectivity index (χ2n) is 4.76. The van der Waals surface area contributed by atoms with Crippen LogP contribution in [0.5, 0.6) is 0 Å². The molecule has 0 N–H and O–H groups in total. The molecular weight excluding hydrogens is 342 g/mol. The second-order valence-corrected chi connectivity index (χ2v) is 7.36. The van der Waals surface area contributed by atoms with Crippen molar-refractivity contribution < 1.29 is 0 Å². The zero-order chi connectivity index (χ0) is 15.6. The summed E-state index contributed by atoms with van der Waals surface area (Å²) in [6.45, 7) is 0. The van der Waals surface area contributed by atoms with Crippen LogP contribution in [-0.4, -0.2) is 8.75 Å². The quantitative estimate of drug-likeness (QED) is 0.446. The maximum atomic E-state index is 8.64. The molecule has 0 atom stereocenters. The maximum absolute atomic E-state index is 8.64. The Morgan fingerprint density at radius 2 is 1.74 bits per heavy atom. The third-order valence-corrected chi connectivity index (χ3v) is 5.93. The molecule has 0 aliphatic carbocycles. The average molecular weight is 351 g/mol. The van der Waals surface area contributed by atoms with Crippen molar-refractivity contribution in [3.05, 3.63) is 52.7 Å². The van der Waals surface area contributed by atoms with Crippen molar-refractivity contribution in [3.63, 3.8) is 0 Å². The molecular formula is C17H9N3S3. The highest BCUT2D eigenvalue weighted by molar-refractivity contribution is 7.16. The smallest absolute Gasteiger partial charge is 0.114 e. The Hall–Kier alpha value is -2.33. The van der Waals surface area contributed by atoms with E-state index in [0.29, 0.717) is 0 Å². The largest absolute Gasteiger partial charge is 0.193 e. The Labute approximate surface area is 145 Å². The molecule has 0 amide bonds. The molecule has 3 heterocycles. The Morgan fingerprint density at radius 1 is 0.957 bits per heavy atom. The lowest BCUT2D eigenvalue weighted by Gasteiger charge is -2.03. The number of hydrogen-bond acceptors (Lipinski definition) is 6. The highest BCUT2D eigenvalue weighted by atomic mass is 32.1. The van der Waals surface area contributed by atoms with Crippen LogP contribution in [0.4, 0.5) is 0 Å². The van der Waals surface area contributed by atoms with Crippen LogP contribution in [0.2, 0.25) is 0 Å². The van der Waals surface area contributed by atoms with Crippen LogP contribution >= 0.6 is 34.4 Å². The maximum Gasteiger partial charge on any atom is 0.114 e. The van der Waals surface area contributed by atoms with Crippen LogP contribution in [-0.2, 0) is 0 Å². The average Bonchev–Trinajstić information content (AvgIpc) is 3.32. The zero-order valence-corrected chi connectivity index (χ0v) is 14.2. The molecule has 4 rings (SSSR count). The number of fused-ring (bicyclic) bond motifs is 1. The van der Waals surface area contributed by atoms with E-state index in [-0.39, 0.29) is 0 Å². The lowest BCUT2D eigenvalue weighted by atomic mass is 10.1. The fraction of sp³-hybridized carbons (Fsp3) is 0. The van der Waals surface area contributed by atoms with Crippen molar-refractivity contribution in [1.82, 2.24) is 8.75 Å². The van der Waals surface area contributed by atoms with Crippen molar-refractivity contribution in [1.29, 1.82) is 5.26 Å². The van der Waals surface area contributed by atoms with Crippen molar-refractivity contribution in [2.45, 2.75) is 0 Å². The van der Waals surface area contributed by atoms with Gasteiger partial charge in [-0.1, -0.05) is 18.2 Å². The van der Waals surface area contributed by atoms with Gasteiger partial charge in [0.05, 0.1) is 17.8 Å². The molecule has 0 bridgehead atoms. The first kappa shape index (κ1) is 14.3. The molecule has 6 heteroatoms. The lowest BCUT2D eigenvalue weighted by molar-refractivity contribution is 1.54. The summed E-state index contributed by atoms with van der Waals surface area (Å²) in [7, 11) is 0. The molecule has 0 saturated carbocycles. The number of nitrogens with zero attached hydrogens (tertiary/aromatic N) is 3. The van der Waals surface area contributed by atoms with E-state index in [9.17, 15) is 0 Å². The molecule has 0 unspecified atom stereocenters. The van der Waals surface area contributed by atoms with Crippen LogP contribution in [0.3, 0.4) is 0 Å². The summed E-state index contributed by atoms with van der Waals surface area (Å²) in [4.78, 5) is 3.40. The number of rotatable bonds is 3. The summed E-state index contributed by atoms with van der Waals surface area (Å²) in [5.74, 6) is 0. The molecule has 3 nitrogen and oxygen atoms in total. The van der Waals surface area contributed by atoms with Gasteiger partial charge in [-0.25, -0.2) is 0 Å². The molecule has 3 aromatic heterocycles. The van der Waals surface area contributed by atoms with Crippen LogP contribution < -0.4 is 0 Å². The van der Waals surface area contributed by atoms with Gasteiger partial charge in [-0.2, -0.15) is 14.0 Å². The van der Waals surface area contributed by atoms with E-state index in [0.717, 1.165) is 31.9 Å². The molecule has 0 aliphatic heterocycles. The van der Waals surface area contributed by atoms with E-state index in [1.807, 2.05) is 24.3 Å². The molecule has 0 fully saturated rings. The molecule has 1 aromatic carbocycles. The molecule has 23 heavy (non-hydrogen) atoms. The van der Waals surface area contributed by atoms with Gasteiger partial charge in [-0.05, 0) is 29.7 Å². The SMILES string of the molecule is N#C/C=C\c1ccc(-c2ccc(-c3cccs3)c3nsnc23)s1. The predicted molar refractivity (Wildman–Crippen MR) is 98.7 cm³/mol. The molecule has 0 spiro atoms. The lowest BCUT2D eigenvalue weighted by Crippen LogP contribution is -1.81. The number of aromatic nitrogens is 2. The van der Waals surface area contributed by atoms with Gasteiger partial charge in [0.1, 0.15) is 11.0 Å². The fourth-order valence-corrected chi connectivity index (χ4v) is 4.67. The highest BCUT2D eigenvalue weighted by Crippen LogP contribution is 2.38. The molecule has 0 aliphatic rings. The van der Waals surface area contributed by atoms with Gasteiger partial charge < -0.3 is 0 Å². The molecule has 0 radical (unpaired) electrons. The highest BCUT2D eigenvalue weighted by Gasteiger charge is 2.14. The van der Waals surface area contributed by atoms with Crippen molar-refractivity contribution >= 4 is 51.5 Å². The normalized spacial score (nSPS) is 11.3. The van der Waals surface area contributed by atoms with Gasteiger partial charge in [0.15, 0.2) is 0 Å². The molecule has 0 saturated heterocycles. The number of allylic oxidation sites excluding steroid dienone is 1. The predicted octanol–water partition coefficient (Wildman–Crippen LogP) is 5.69.